The molecule has 1 fully saturated rings. The van der Waals surface area contributed by atoms with Crippen LogP contribution < -0.4 is 15.0 Å². The van der Waals surface area contributed by atoms with E-state index < -0.39 is 5.92 Å². The molecule has 8 heteroatoms. The van der Waals surface area contributed by atoms with E-state index in [-0.39, 0.29) is 24.2 Å². The van der Waals surface area contributed by atoms with Crippen molar-refractivity contribution in [3.8, 4) is 6.01 Å². The van der Waals surface area contributed by atoms with E-state index in [0.29, 0.717) is 35.2 Å². The molecule has 2 amide bonds. The van der Waals surface area contributed by atoms with Gasteiger partial charge in [0.05, 0.1) is 29.6 Å². The fraction of sp³-hybridized carbons (Fsp3) is 0.368. The molecule has 27 heavy (non-hydrogen) atoms. The van der Waals surface area contributed by atoms with Crippen LogP contribution in [0.4, 0.5) is 11.4 Å². The largest absolute Gasteiger partial charge is 0.464 e. The first-order valence-electron chi connectivity index (χ1n) is 8.74. The summed E-state index contributed by atoms with van der Waals surface area (Å²) in [6.07, 6.45) is 0.157. The van der Waals surface area contributed by atoms with Crippen LogP contribution >= 0.6 is 11.6 Å². The molecule has 1 saturated heterocycles. The molecule has 142 valence electrons. The number of anilines is 2. The summed E-state index contributed by atoms with van der Waals surface area (Å²) in [5.41, 5.74) is 2.54. The minimum absolute atomic E-state index is 0.0890. The first kappa shape index (κ1) is 19.1. The van der Waals surface area contributed by atoms with Gasteiger partial charge in [0.15, 0.2) is 0 Å². The Labute approximate surface area is 162 Å². The average molecular weight is 389 g/mol. The van der Waals surface area contributed by atoms with Crippen molar-refractivity contribution in [2.45, 2.75) is 27.2 Å². The van der Waals surface area contributed by atoms with E-state index in [1.54, 1.807) is 43.0 Å². The van der Waals surface area contributed by atoms with Crippen LogP contribution in [-0.2, 0) is 9.59 Å². The van der Waals surface area contributed by atoms with Crippen molar-refractivity contribution >= 4 is 34.8 Å². The SMILES string of the molecule is CCOc1nc(C)c(NC(=O)C2CC(=O)N(c3ccc(Cl)cc3)C2)c(C)n1. The second kappa shape index (κ2) is 7.92. The topological polar surface area (TPSA) is 84.4 Å². The van der Waals surface area contributed by atoms with Gasteiger partial charge in [-0.15, -0.1) is 0 Å². The van der Waals surface area contributed by atoms with Gasteiger partial charge in [0, 0.05) is 23.7 Å². The number of nitrogens with zero attached hydrogens (tertiary/aromatic N) is 3. The minimum atomic E-state index is -0.446. The smallest absolute Gasteiger partial charge is 0.316 e. The molecule has 1 atom stereocenters. The second-order valence-corrected chi connectivity index (χ2v) is 6.79. The highest BCUT2D eigenvalue weighted by Gasteiger charge is 2.35. The number of benzene rings is 1. The van der Waals surface area contributed by atoms with Crippen LogP contribution in [0.5, 0.6) is 6.01 Å². The zero-order valence-corrected chi connectivity index (χ0v) is 16.2. The number of rotatable bonds is 5. The molecule has 1 aromatic carbocycles. The van der Waals surface area contributed by atoms with Crippen molar-refractivity contribution in [2.24, 2.45) is 5.92 Å². The Balaban J connectivity index is 1.72. The van der Waals surface area contributed by atoms with E-state index in [2.05, 4.69) is 15.3 Å². The first-order valence-corrected chi connectivity index (χ1v) is 9.11. The lowest BCUT2D eigenvalue weighted by Crippen LogP contribution is -2.28. The number of halogens is 1. The molecule has 2 heterocycles. The van der Waals surface area contributed by atoms with Crippen molar-refractivity contribution in [1.82, 2.24) is 9.97 Å². The average Bonchev–Trinajstić information content (AvgIpc) is 3.01. The Morgan fingerprint density at radius 3 is 2.48 bits per heavy atom. The van der Waals surface area contributed by atoms with Crippen molar-refractivity contribution < 1.29 is 14.3 Å². The van der Waals surface area contributed by atoms with Crippen molar-refractivity contribution in [3.63, 3.8) is 0 Å². The molecular weight excluding hydrogens is 368 g/mol. The molecule has 0 saturated carbocycles. The third kappa shape index (κ3) is 4.19. The van der Waals surface area contributed by atoms with Gasteiger partial charge in [-0.25, -0.2) is 0 Å². The van der Waals surface area contributed by atoms with E-state index in [4.69, 9.17) is 16.3 Å². The number of hydrogen-bond acceptors (Lipinski definition) is 5. The summed E-state index contributed by atoms with van der Waals surface area (Å²) < 4.78 is 5.32. The molecule has 1 aliphatic heterocycles. The van der Waals surface area contributed by atoms with E-state index in [1.807, 2.05) is 6.92 Å². The number of aromatic nitrogens is 2. The zero-order chi connectivity index (χ0) is 19.6. The molecule has 3 rings (SSSR count). The van der Waals surface area contributed by atoms with Gasteiger partial charge in [0.25, 0.3) is 0 Å². The highest BCUT2D eigenvalue weighted by atomic mass is 35.5. The predicted molar refractivity (Wildman–Crippen MR) is 103 cm³/mol. The third-order valence-electron chi connectivity index (χ3n) is 4.41. The molecule has 1 aromatic heterocycles. The van der Waals surface area contributed by atoms with Gasteiger partial charge in [-0.2, -0.15) is 9.97 Å². The molecule has 0 aliphatic carbocycles. The lowest BCUT2D eigenvalue weighted by atomic mass is 10.1. The highest BCUT2D eigenvalue weighted by Crippen LogP contribution is 2.28. The standard InChI is InChI=1S/C19H21ClN4O3/c1-4-27-19-21-11(2)17(12(3)22-19)23-18(26)13-9-16(25)24(10-13)15-7-5-14(20)6-8-15/h5-8,13H,4,9-10H2,1-3H3,(H,23,26). The number of nitrogens with one attached hydrogen (secondary N) is 1. The van der Waals surface area contributed by atoms with E-state index in [1.165, 1.54) is 0 Å². The Morgan fingerprint density at radius 2 is 1.89 bits per heavy atom. The summed E-state index contributed by atoms with van der Waals surface area (Å²) in [4.78, 5) is 35.2. The summed E-state index contributed by atoms with van der Waals surface area (Å²) in [5, 5.41) is 3.47. The summed E-state index contributed by atoms with van der Waals surface area (Å²) in [6, 6.07) is 7.28. The molecule has 0 radical (unpaired) electrons. The third-order valence-corrected chi connectivity index (χ3v) is 4.66. The molecule has 2 aromatic rings. The van der Waals surface area contributed by atoms with Crippen LogP contribution in [-0.4, -0.2) is 34.9 Å². The quantitative estimate of drug-likeness (QED) is 0.850. The summed E-state index contributed by atoms with van der Waals surface area (Å²) in [5.74, 6) is -0.758. The molecule has 1 N–H and O–H groups in total. The zero-order valence-electron chi connectivity index (χ0n) is 15.5. The number of hydrogen-bond donors (Lipinski definition) is 1. The molecule has 1 unspecified atom stereocenters. The number of aryl methyl sites for hydroxylation is 2. The van der Waals surface area contributed by atoms with Crippen molar-refractivity contribution in [2.75, 3.05) is 23.4 Å². The fourth-order valence-corrected chi connectivity index (χ4v) is 3.17. The molecule has 0 bridgehead atoms. The molecular formula is C19H21ClN4O3. The van der Waals surface area contributed by atoms with Crippen LogP contribution in [0.3, 0.4) is 0 Å². The van der Waals surface area contributed by atoms with Gasteiger partial charge < -0.3 is 15.0 Å². The Kier molecular flexibility index (Phi) is 5.60. The highest BCUT2D eigenvalue weighted by molar-refractivity contribution is 6.30. The predicted octanol–water partition coefficient (Wildman–Crippen LogP) is 3.14. The molecule has 0 spiro atoms. The van der Waals surface area contributed by atoms with Gasteiger partial charge in [-0.1, -0.05) is 11.6 Å². The summed E-state index contributed by atoms with van der Waals surface area (Å²) in [7, 11) is 0. The minimum Gasteiger partial charge on any atom is -0.464 e. The van der Waals surface area contributed by atoms with Gasteiger partial charge in [-0.3, -0.25) is 9.59 Å². The maximum Gasteiger partial charge on any atom is 0.316 e. The fourth-order valence-electron chi connectivity index (χ4n) is 3.04. The maximum atomic E-state index is 12.7. The summed E-state index contributed by atoms with van der Waals surface area (Å²) in [6.45, 7) is 6.21. The summed E-state index contributed by atoms with van der Waals surface area (Å²) >= 11 is 5.90. The van der Waals surface area contributed by atoms with Crippen LogP contribution in [0.1, 0.15) is 24.7 Å². The van der Waals surface area contributed by atoms with Crippen LogP contribution in [0.25, 0.3) is 0 Å². The Morgan fingerprint density at radius 1 is 1.26 bits per heavy atom. The lowest BCUT2D eigenvalue weighted by Gasteiger charge is -2.17. The Bertz CT molecular complexity index is 847. The van der Waals surface area contributed by atoms with Crippen LogP contribution in [0, 0.1) is 19.8 Å². The monoisotopic (exact) mass is 388 g/mol. The second-order valence-electron chi connectivity index (χ2n) is 6.36. The Hall–Kier alpha value is -2.67. The van der Waals surface area contributed by atoms with Gasteiger partial charge >= 0.3 is 6.01 Å². The maximum absolute atomic E-state index is 12.7. The number of carbonyl (C=O) groups excluding carboxylic acids is 2. The number of carbonyl (C=O) groups is 2. The molecule has 1 aliphatic rings. The first-order chi connectivity index (χ1) is 12.9. The number of ether oxygens (including phenoxy) is 1. The van der Waals surface area contributed by atoms with E-state index >= 15 is 0 Å². The van der Waals surface area contributed by atoms with E-state index in [0.717, 1.165) is 5.69 Å². The van der Waals surface area contributed by atoms with Crippen molar-refractivity contribution in [1.29, 1.82) is 0 Å². The van der Waals surface area contributed by atoms with Crippen LogP contribution in [0.2, 0.25) is 5.02 Å². The number of amides is 2. The van der Waals surface area contributed by atoms with Crippen molar-refractivity contribution in [3.05, 3.63) is 40.7 Å². The molecule has 7 nitrogen and oxygen atoms in total. The van der Waals surface area contributed by atoms with E-state index in [9.17, 15) is 9.59 Å². The van der Waals surface area contributed by atoms with Gasteiger partial charge in [0.2, 0.25) is 11.8 Å². The van der Waals surface area contributed by atoms with Crippen LogP contribution in [0.15, 0.2) is 24.3 Å². The lowest BCUT2D eigenvalue weighted by molar-refractivity contribution is -0.122. The normalized spacial score (nSPS) is 16.5. The van der Waals surface area contributed by atoms with Gasteiger partial charge in [0.1, 0.15) is 0 Å². The van der Waals surface area contributed by atoms with Gasteiger partial charge in [-0.05, 0) is 45.0 Å².